The van der Waals surface area contributed by atoms with Gasteiger partial charge in [0.25, 0.3) is 0 Å². The maximum atomic E-state index is 5.56. The van der Waals surface area contributed by atoms with Crippen molar-refractivity contribution in [1.29, 1.82) is 0 Å². The standard InChI is InChI=1S/C19H18N6S/c1-23(12-15-11-20-24(13-15)16-7-3-2-4-8-16)14-25-19(26)17-9-5-6-10-18(17)21-22-25/h2-11,13H,12,14H2,1H3. The van der Waals surface area contributed by atoms with E-state index in [1.54, 1.807) is 4.68 Å². The Labute approximate surface area is 156 Å². The van der Waals surface area contributed by atoms with Gasteiger partial charge in [0.15, 0.2) is 0 Å². The van der Waals surface area contributed by atoms with Gasteiger partial charge in [0.05, 0.1) is 24.1 Å². The summed E-state index contributed by atoms with van der Waals surface area (Å²) in [6.45, 7) is 1.30. The fourth-order valence-corrected chi connectivity index (χ4v) is 3.14. The molecule has 0 aliphatic heterocycles. The van der Waals surface area contributed by atoms with Crippen molar-refractivity contribution in [2.45, 2.75) is 13.2 Å². The fourth-order valence-electron chi connectivity index (χ4n) is 2.87. The molecular formula is C19H18N6S. The van der Waals surface area contributed by atoms with Crippen LogP contribution < -0.4 is 0 Å². The van der Waals surface area contributed by atoms with Gasteiger partial charge in [-0.15, -0.1) is 5.10 Å². The molecule has 4 rings (SSSR count). The second-order valence-corrected chi connectivity index (χ2v) is 6.58. The molecule has 0 unspecified atom stereocenters. The van der Waals surface area contributed by atoms with Gasteiger partial charge in [-0.25, -0.2) is 9.36 Å². The molecule has 2 aromatic carbocycles. The number of benzene rings is 2. The number of aromatic nitrogens is 5. The molecule has 0 radical (unpaired) electrons. The normalized spacial score (nSPS) is 11.3. The number of nitrogens with zero attached hydrogens (tertiary/aromatic N) is 6. The molecule has 2 aromatic heterocycles. The average molecular weight is 362 g/mol. The minimum atomic E-state index is 0.563. The van der Waals surface area contributed by atoms with E-state index < -0.39 is 0 Å². The Morgan fingerprint density at radius 1 is 1.04 bits per heavy atom. The molecule has 0 saturated heterocycles. The van der Waals surface area contributed by atoms with Gasteiger partial charge in [0, 0.05) is 23.7 Å². The van der Waals surface area contributed by atoms with Crippen LogP contribution >= 0.6 is 12.2 Å². The van der Waals surface area contributed by atoms with E-state index in [-0.39, 0.29) is 0 Å². The molecule has 0 aliphatic carbocycles. The molecule has 4 aromatic rings. The SMILES string of the molecule is CN(Cc1cnn(-c2ccccc2)c1)Cn1nnc2ccccc2c1=S. The third-order valence-electron chi connectivity index (χ3n) is 4.11. The zero-order valence-corrected chi connectivity index (χ0v) is 15.2. The Morgan fingerprint density at radius 2 is 1.81 bits per heavy atom. The quantitative estimate of drug-likeness (QED) is 0.509. The first-order valence-corrected chi connectivity index (χ1v) is 8.71. The summed E-state index contributed by atoms with van der Waals surface area (Å²) in [5, 5.41) is 13.9. The predicted molar refractivity (Wildman–Crippen MR) is 103 cm³/mol. The molecular weight excluding hydrogens is 344 g/mol. The Balaban J connectivity index is 1.49. The Bertz CT molecular complexity index is 1090. The molecule has 0 aliphatic rings. The molecule has 0 fully saturated rings. The van der Waals surface area contributed by atoms with Crippen LogP contribution in [0.15, 0.2) is 67.0 Å². The molecule has 0 saturated carbocycles. The van der Waals surface area contributed by atoms with Crippen molar-refractivity contribution < 1.29 is 0 Å². The van der Waals surface area contributed by atoms with E-state index >= 15 is 0 Å². The van der Waals surface area contributed by atoms with E-state index in [1.807, 2.05) is 78.7 Å². The van der Waals surface area contributed by atoms with Crippen LogP contribution in [0.1, 0.15) is 5.56 Å². The maximum absolute atomic E-state index is 5.56. The van der Waals surface area contributed by atoms with E-state index in [9.17, 15) is 0 Å². The fraction of sp³-hybridized carbons (Fsp3) is 0.158. The van der Waals surface area contributed by atoms with Crippen molar-refractivity contribution >= 4 is 23.1 Å². The number of rotatable bonds is 5. The maximum Gasteiger partial charge on any atom is 0.135 e. The summed E-state index contributed by atoms with van der Waals surface area (Å²) in [7, 11) is 2.03. The van der Waals surface area contributed by atoms with Crippen molar-refractivity contribution in [3.05, 3.63) is 77.2 Å². The smallest absolute Gasteiger partial charge is 0.135 e. The van der Waals surface area contributed by atoms with E-state index in [0.717, 1.165) is 28.7 Å². The Morgan fingerprint density at radius 3 is 2.65 bits per heavy atom. The highest BCUT2D eigenvalue weighted by Crippen LogP contribution is 2.12. The van der Waals surface area contributed by atoms with E-state index in [1.165, 1.54) is 0 Å². The molecule has 7 heteroatoms. The zero-order valence-electron chi connectivity index (χ0n) is 14.4. The molecule has 0 N–H and O–H groups in total. The van der Waals surface area contributed by atoms with Crippen LogP contribution in [0.4, 0.5) is 0 Å². The Hall–Kier alpha value is -2.90. The van der Waals surface area contributed by atoms with E-state index in [4.69, 9.17) is 12.2 Å². The van der Waals surface area contributed by atoms with Gasteiger partial charge in [-0.2, -0.15) is 5.10 Å². The van der Waals surface area contributed by atoms with Crippen LogP contribution in [0.5, 0.6) is 0 Å². The van der Waals surface area contributed by atoms with Crippen LogP contribution in [0.2, 0.25) is 0 Å². The highest BCUT2D eigenvalue weighted by atomic mass is 32.1. The summed E-state index contributed by atoms with van der Waals surface area (Å²) in [4.78, 5) is 2.13. The van der Waals surface area contributed by atoms with Crippen molar-refractivity contribution in [2.75, 3.05) is 7.05 Å². The van der Waals surface area contributed by atoms with E-state index in [2.05, 4.69) is 20.3 Å². The van der Waals surface area contributed by atoms with Crippen LogP contribution in [0.25, 0.3) is 16.6 Å². The van der Waals surface area contributed by atoms with Gasteiger partial charge < -0.3 is 0 Å². The van der Waals surface area contributed by atoms with Crippen molar-refractivity contribution in [1.82, 2.24) is 29.7 Å². The van der Waals surface area contributed by atoms with Crippen LogP contribution in [0.3, 0.4) is 0 Å². The van der Waals surface area contributed by atoms with Gasteiger partial charge in [-0.05, 0) is 31.3 Å². The van der Waals surface area contributed by atoms with Crippen molar-refractivity contribution in [2.24, 2.45) is 0 Å². The van der Waals surface area contributed by atoms with Gasteiger partial charge in [0.1, 0.15) is 4.64 Å². The van der Waals surface area contributed by atoms with Gasteiger partial charge >= 0.3 is 0 Å². The predicted octanol–water partition coefficient (Wildman–Crippen LogP) is 3.44. The molecule has 0 spiro atoms. The first-order valence-electron chi connectivity index (χ1n) is 8.31. The summed E-state index contributed by atoms with van der Waals surface area (Å²) in [6, 6.07) is 17.9. The largest absolute Gasteiger partial charge is 0.283 e. The number of hydrogen-bond acceptors (Lipinski definition) is 5. The second-order valence-electron chi connectivity index (χ2n) is 6.20. The topological polar surface area (TPSA) is 51.8 Å². The second kappa shape index (κ2) is 7.15. The first kappa shape index (κ1) is 16.6. The lowest BCUT2D eigenvalue weighted by molar-refractivity contribution is 0.239. The molecule has 130 valence electrons. The number of para-hydroxylation sites is 1. The number of hydrogen-bond donors (Lipinski definition) is 0. The summed E-state index contributed by atoms with van der Waals surface area (Å²) in [5.41, 5.74) is 2.99. The first-order chi connectivity index (χ1) is 12.7. The zero-order chi connectivity index (χ0) is 17.9. The highest BCUT2D eigenvalue weighted by molar-refractivity contribution is 7.71. The monoisotopic (exact) mass is 362 g/mol. The van der Waals surface area contributed by atoms with Gasteiger partial charge in [0.2, 0.25) is 0 Å². The van der Waals surface area contributed by atoms with Gasteiger partial charge in [-0.3, -0.25) is 4.90 Å². The summed E-state index contributed by atoms with van der Waals surface area (Å²) < 4.78 is 4.33. The molecule has 6 nitrogen and oxygen atoms in total. The third kappa shape index (κ3) is 3.40. The lowest BCUT2D eigenvalue weighted by Crippen LogP contribution is -2.24. The highest BCUT2D eigenvalue weighted by Gasteiger charge is 2.08. The summed E-state index contributed by atoms with van der Waals surface area (Å²) in [6.07, 6.45) is 3.92. The lowest BCUT2D eigenvalue weighted by Gasteiger charge is -2.16. The molecule has 0 atom stereocenters. The van der Waals surface area contributed by atoms with Gasteiger partial charge in [-0.1, -0.05) is 47.8 Å². The van der Waals surface area contributed by atoms with Crippen LogP contribution in [0, 0.1) is 4.64 Å². The Kier molecular flexibility index (Phi) is 4.55. The van der Waals surface area contributed by atoms with Crippen molar-refractivity contribution in [3.63, 3.8) is 0 Å². The molecule has 0 amide bonds. The van der Waals surface area contributed by atoms with Crippen LogP contribution in [-0.2, 0) is 13.2 Å². The number of fused-ring (bicyclic) bond motifs is 1. The molecule has 0 bridgehead atoms. The summed E-state index contributed by atoms with van der Waals surface area (Å²) >= 11 is 5.56. The summed E-state index contributed by atoms with van der Waals surface area (Å²) in [5.74, 6) is 0. The molecule has 26 heavy (non-hydrogen) atoms. The third-order valence-corrected chi connectivity index (χ3v) is 4.54. The lowest BCUT2D eigenvalue weighted by atomic mass is 10.2. The van der Waals surface area contributed by atoms with E-state index in [0.29, 0.717) is 11.3 Å². The van der Waals surface area contributed by atoms with Crippen LogP contribution in [-0.4, -0.2) is 36.7 Å². The minimum Gasteiger partial charge on any atom is -0.283 e. The average Bonchev–Trinajstić information content (AvgIpc) is 3.13. The molecule has 2 heterocycles. The minimum absolute atomic E-state index is 0.563. The van der Waals surface area contributed by atoms with Crippen molar-refractivity contribution in [3.8, 4) is 5.69 Å².